The highest BCUT2D eigenvalue weighted by molar-refractivity contribution is 6.33. The molecular formula is C16H17ClN2O2. The molecule has 0 unspecified atom stereocenters. The number of benzene rings is 2. The molecule has 2 aromatic rings. The molecule has 110 valence electrons. The van der Waals surface area contributed by atoms with Crippen molar-refractivity contribution < 1.29 is 9.90 Å². The number of aliphatic hydroxyl groups excluding tert-OH is 1. The number of nitrogens with two attached hydrogens (primary N) is 1. The van der Waals surface area contributed by atoms with E-state index in [-0.39, 0.29) is 24.7 Å². The van der Waals surface area contributed by atoms with Gasteiger partial charge in [-0.25, -0.2) is 0 Å². The van der Waals surface area contributed by atoms with Gasteiger partial charge in [0, 0.05) is 13.1 Å². The molecule has 2 aromatic carbocycles. The maximum atomic E-state index is 12.6. The van der Waals surface area contributed by atoms with E-state index in [2.05, 4.69) is 0 Å². The lowest BCUT2D eigenvalue weighted by molar-refractivity contribution is 0.0709. The van der Waals surface area contributed by atoms with Crippen molar-refractivity contribution in [1.82, 2.24) is 4.90 Å². The number of carbonyl (C=O) groups excluding carboxylic acids is 1. The van der Waals surface area contributed by atoms with Gasteiger partial charge in [-0.1, -0.05) is 48.0 Å². The third-order valence-corrected chi connectivity index (χ3v) is 3.49. The number of amides is 1. The number of hydrogen-bond donors (Lipinski definition) is 2. The molecule has 0 saturated heterocycles. The largest absolute Gasteiger partial charge is 0.397 e. The number of nitrogen functional groups attached to an aromatic ring is 1. The number of halogens is 1. The number of rotatable bonds is 5. The van der Waals surface area contributed by atoms with Crippen LogP contribution in [0.5, 0.6) is 0 Å². The van der Waals surface area contributed by atoms with Gasteiger partial charge in [-0.3, -0.25) is 4.79 Å². The van der Waals surface area contributed by atoms with E-state index >= 15 is 0 Å². The highest BCUT2D eigenvalue weighted by Crippen LogP contribution is 2.24. The Kier molecular flexibility index (Phi) is 5.20. The van der Waals surface area contributed by atoms with Gasteiger partial charge in [-0.2, -0.15) is 0 Å². The molecule has 5 heteroatoms. The van der Waals surface area contributed by atoms with E-state index in [1.54, 1.807) is 23.1 Å². The Hall–Kier alpha value is -2.04. The van der Waals surface area contributed by atoms with Gasteiger partial charge < -0.3 is 15.7 Å². The summed E-state index contributed by atoms with van der Waals surface area (Å²) >= 11 is 5.95. The first-order valence-corrected chi connectivity index (χ1v) is 6.99. The van der Waals surface area contributed by atoms with E-state index in [0.717, 1.165) is 5.56 Å². The first-order valence-electron chi connectivity index (χ1n) is 6.61. The summed E-state index contributed by atoms with van der Waals surface area (Å²) < 4.78 is 0. The Morgan fingerprint density at radius 1 is 1.14 bits per heavy atom. The third-order valence-electron chi connectivity index (χ3n) is 3.16. The third kappa shape index (κ3) is 3.74. The summed E-state index contributed by atoms with van der Waals surface area (Å²) in [5, 5.41) is 9.53. The summed E-state index contributed by atoms with van der Waals surface area (Å²) in [6.45, 7) is 0.533. The Morgan fingerprint density at radius 2 is 1.86 bits per heavy atom. The molecule has 2 rings (SSSR count). The quantitative estimate of drug-likeness (QED) is 0.834. The smallest absolute Gasteiger partial charge is 0.256 e. The molecule has 4 nitrogen and oxygen atoms in total. The van der Waals surface area contributed by atoms with Crippen LogP contribution in [0.2, 0.25) is 5.02 Å². The molecule has 0 heterocycles. The molecule has 0 spiro atoms. The Morgan fingerprint density at radius 3 is 2.52 bits per heavy atom. The van der Waals surface area contributed by atoms with Gasteiger partial charge in [0.2, 0.25) is 0 Å². The zero-order valence-electron chi connectivity index (χ0n) is 11.5. The van der Waals surface area contributed by atoms with Crippen molar-refractivity contribution in [2.45, 2.75) is 6.54 Å². The van der Waals surface area contributed by atoms with Crippen LogP contribution in [0, 0.1) is 0 Å². The summed E-state index contributed by atoms with van der Waals surface area (Å²) in [6.07, 6.45) is 0. The van der Waals surface area contributed by atoms with Crippen molar-refractivity contribution in [3.05, 3.63) is 64.7 Å². The standard InChI is InChI=1S/C16H17ClN2O2/c17-14-8-4-7-13(15(14)18)16(21)19(9-10-20)11-12-5-2-1-3-6-12/h1-8,20H,9-11,18H2. The van der Waals surface area contributed by atoms with E-state index < -0.39 is 0 Å². The Bertz CT molecular complexity index is 617. The lowest BCUT2D eigenvalue weighted by Crippen LogP contribution is -2.33. The van der Waals surface area contributed by atoms with Gasteiger partial charge >= 0.3 is 0 Å². The molecule has 0 saturated carbocycles. The number of anilines is 1. The zero-order chi connectivity index (χ0) is 15.2. The Balaban J connectivity index is 2.25. The maximum Gasteiger partial charge on any atom is 0.256 e. The minimum Gasteiger partial charge on any atom is -0.397 e. The minimum atomic E-state index is -0.243. The normalized spacial score (nSPS) is 10.4. The van der Waals surface area contributed by atoms with Gasteiger partial charge in [0.05, 0.1) is 22.9 Å². The summed E-state index contributed by atoms with van der Waals surface area (Å²) in [5.74, 6) is -0.243. The molecule has 0 aliphatic heterocycles. The molecule has 21 heavy (non-hydrogen) atoms. The minimum absolute atomic E-state index is 0.112. The van der Waals surface area contributed by atoms with E-state index in [9.17, 15) is 9.90 Å². The molecule has 0 atom stereocenters. The van der Waals surface area contributed by atoms with Crippen LogP contribution in [-0.4, -0.2) is 29.1 Å². The average Bonchev–Trinajstić information content (AvgIpc) is 2.50. The van der Waals surface area contributed by atoms with Crippen LogP contribution in [0.25, 0.3) is 0 Å². The second-order valence-corrected chi connectivity index (χ2v) is 5.04. The van der Waals surface area contributed by atoms with Crippen LogP contribution >= 0.6 is 11.6 Å². The monoisotopic (exact) mass is 304 g/mol. The molecule has 0 aliphatic carbocycles. The Labute approximate surface area is 128 Å². The van der Waals surface area contributed by atoms with Crippen LogP contribution in [-0.2, 0) is 6.54 Å². The van der Waals surface area contributed by atoms with Crippen LogP contribution in [0.15, 0.2) is 48.5 Å². The fourth-order valence-corrected chi connectivity index (χ4v) is 2.25. The summed E-state index contributed by atoms with van der Waals surface area (Å²) in [7, 11) is 0. The van der Waals surface area contributed by atoms with E-state index in [1.807, 2.05) is 30.3 Å². The van der Waals surface area contributed by atoms with Gasteiger partial charge in [0.25, 0.3) is 5.91 Å². The maximum absolute atomic E-state index is 12.6. The number of carbonyl (C=O) groups is 1. The zero-order valence-corrected chi connectivity index (χ0v) is 12.3. The van der Waals surface area contributed by atoms with E-state index in [4.69, 9.17) is 17.3 Å². The molecular weight excluding hydrogens is 288 g/mol. The second-order valence-electron chi connectivity index (χ2n) is 4.64. The highest BCUT2D eigenvalue weighted by Gasteiger charge is 2.19. The van der Waals surface area contributed by atoms with Crippen molar-refractivity contribution in [2.75, 3.05) is 18.9 Å². The average molecular weight is 305 g/mol. The van der Waals surface area contributed by atoms with Gasteiger partial charge in [-0.15, -0.1) is 0 Å². The van der Waals surface area contributed by atoms with Crippen molar-refractivity contribution in [1.29, 1.82) is 0 Å². The molecule has 3 N–H and O–H groups in total. The predicted octanol–water partition coefficient (Wildman–Crippen LogP) is 2.56. The summed E-state index contributed by atoms with van der Waals surface area (Å²) in [4.78, 5) is 14.1. The highest BCUT2D eigenvalue weighted by atomic mass is 35.5. The van der Waals surface area contributed by atoms with Crippen molar-refractivity contribution in [3.63, 3.8) is 0 Å². The number of hydrogen-bond acceptors (Lipinski definition) is 3. The SMILES string of the molecule is Nc1c(Cl)cccc1C(=O)N(CCO)Cc1ccccc1. The number of para-hydroxylation sites is 1. The fraction of sp³-hybridized carbons (Fsp3) is 0.188. The second kappa shape index (κ2) is 7.11. The van der Waals surface area contributed by atoms with Crippen molar-refractivity contribution >= 4 is 23.2 Å². The topological polar surface area (TPSA) is 66.6 Å². The van der Waals surface area contributed by atoms with Crippen molar-refractivity contribution in [2.24, 2.45) is 0 Å². The molecule has 0 fully saturated rings. The summed E-state index contributed by atoms with van der Waals surface area (Å²) in [5.41, 5.74) is 7.47. The van der Waals surface area contributed by atoms with Gasteiger partial charge in [-0.05, 0) is 17.7 Å². The van der Waals surface area contributed by atoms with Crippen LogP contribution in [0.3, 0.4) is 0 Å². The first kappa shape index (κ1) is 15.4. The molecule has 1 amide bonds. The number of nitrogens with zero attached hydrogens (tertiary/aromatic N) is 1. The summed E-state index contributed by atoms with van der Waals surface area (Å²) in [6, 6.07) is 14.6. The van der Waals surface area contributed by atoms with E-state index in [1.165, 1.54) is 0 Å². The lowest BCUT2D eigenvalue weighted by Gasteiger charge is -2.23. The van der Waals surface area contributed by atoms with Crippen LogP contribution in [0.1, 0.15) is 15.9 Å². The first-order chi connectivity index (χ1) is 10.1. The molecule has 0 bridgehead atoms. The van der Waals surface area contributed by atoms with Gasteiger partial charge in [0.15, 0.2) is 0 Å². The number of aliphatic hydroxyl groups is 1. The lowest BCUT2D eigenvalue weighted by atomic mass is 10.1. The van der Waals surface area contributed by atoms with E-state index in [0.29, 0.717) is 17.1 Å². The van der Waals surface area contributed by atoms with Crippen LogP contribution in [0.4, 0.5) is 5.69 Å². The molecule has 0 radical (unpaired) electrons. The van der Waals surface area contributed by atoms with Crippen molar-refractivity contribution in [3.8, 4) is 0 Å². The molecule has 0 aliphatic rings. The fourth-order valence-electron chi connectivity index (χ4n) is 2.07. The van der Waals surface area contributed by atoms with Crippen LogP contribution < -0.4 is 5.73 Å². The predicted molar refractivity (Wildman–Crippen MR) is 84.1 cm³/mol. The molecule has 0 aromatic heterocycles. The van der Waals surface area contributed by atoms with Gasteiger partial charge in [0.1, 0.15) is 0 Å².